The lowest BCUT2D eigenvalue weighted by atomic mass is 10.3. The van der Waals surface area contributed by atoms with E-state index in [1.165, 1.54) is 4.88 Å². The van der Waals surface area contributed by atoms with Crippen molar-refractivity contribution >= 4 is 38.9 Å². The molecule has 0 aliphatic heterocycles. The van der Waals surface area contributed by atoms with Crippen LogP contribution in [0.15, 0.2) is 23.2 Å². The molecule has 1 N–H and O–H groups in total. The smallest absolute Gasteiger partial charge is 0.107 e. The van der Waals surface area contributed by atoms with Crippen molar-refractivity contribution in [2.24, 2.45) is 0 Å². The summed E-state index contributed by atoms with van der Waals surface area (Å²) in [6.07, 6.45) is 1.88. The zero-order chi connectivity index (χ0) is 9.84. The summed E-state index contributed by atoms with van der Waals surface area (Å²) in [4.78, 5) is 1.23. The molecule has 0 aliphatic rings. The van der Waals surface area contributed by atoms with Gasteiger partial charge in [0.15, 0.2) is 0 Å². The van der Waals surface area contributed by atoms with Crippen LogP contribution in [0.2, 0.25) is 4.34 Å². The Morgan fingerprint density at radius 2 is 2.54 bits per heavy atom. The van der Waals surface area contributed by atoms with Gasteiger partial charge in [-0.15, -0.1) is 17.9 Å². The highest BCUT2D eigenvalue weighted by molar-refractivity contribution is 9.10. The monoisotopic (exact) mass is 279 g/mol. The molecule has 0 bridgehead atoms. The van der Waals surface area contributed by atoms with Crippen LogP contribution >= 0.6 is 38.9 Å². The van der Waals surface area contributed by atoms with Gasteiger partial charge in [-0.1, -0.05) is 17.7 Å². The zero-order valence-electron chi connectivity index (χ0n) is 7.31. The molecule has 1 rings (SSSR count). The van der Waals surface area contributed by atoms with Gasteiger partial charge in [0.1, 0.15) is 4.34 Å². The fourth-order valence-corrected chi connectivity index (χ4v) is 2.56. The number of rotatable bonds is 4. The number of halogens is 2. The Hall–Kier alpha value is 0.170. The van der Waals surface area contributed by atoms with Crippen molar-refractivity contribution in [3.05, 3.63) is 32.4 Å². The first-order valence-electron chi connectivity index (χ1n) is 3.93. The van der Waals surface area contributed by atoms with Crippen LogP contribution in [0.3, 0.4) is 0 Å². The number of hydrogen-bond donors (Lipinski definition) is 1. The van der Waals surface area contributed by atoms with Crippen LogP contribution in [0, 0.1) is 0 Å². The molecule has 0 amide bonds. The van der Waals surface area contributed by atoms with Crippen LogP contribution < -0.4 is 5.32 Å². The Balaban J connectivity index is 2.50. The summed E-state index contributed by atoms with van der Waals surface area (Å²) in [5.41, 5.74) is 0. The maximum Gasteiger partial charge on any atom is 0.107 e. The lowest BCUT2D eigenvalue weighted by molar-refractivity contribution is 0.640. The van der Waals surface area contributed by atoms with E-state index in [4.69, 9.17) is 11.6 Å². The van der Waals surface area contributed by atoms with Crippen molar-refractivity contribution in [1.82, 2.24) is 5.32 Å². The van der Waals surface area contributed by atoms with Crippen LogP contribution in [0.25, 0.3) is 0 Å². The van der Waals surface area contributed by atoms with Crippen LogP contribution in [0.5, 0.6) is 0 Å². The maximum atomic E-state index is 5.90. The Morgan fingerprint density at radius 1 is 1.85 bits per heavy atom. The van der Waals surface area contributed by atoms with Gasteiger partial charge in [-0.2, -0.15) is 0 Å². The SMILES string of the molecule is C=CC(C)NCc1cc(Br)c(Cl)s1. The molecule has 1 nitrogen and oxygen atoms in total. The van der Waals surface area contributed by atoms with E-state index in [0.29, 0.717) is 6.04 Å². The molecule has 13 heavy (non-hydrogen) atoms. The molecule has 0 radical (unpaired) electrons. The summed E-state index contributed by atoms with van der Waals surface area (Å²) in [6.45, 7) is 6.60. The molecular weight excluding hydrogens is 270 g/mol. The fraction of sp³-hybridized carbons (Fsp3) is 0.333. The molecule has 0 saturated carbocycles. The van der Waals surface area contributed by atoms with Crippen molar-refractivity contribution in [3.63, 3.8) is 0 Å². The van der Waals surface area contributed by atoms with Gasteiger partial charge in [0.05, 0.1) is 0 Å². The normalized spacial score (nSPS) is 12.8. The first-order valence-corrected chi connectivity index (χ1v) is 5.92. The summed E-state index contributed by atoms with van der Waals surface area (Å²) in [6, 6.07) is 2.37. The summed E-state index contributed by atoms with van der Waals surface area (Å²) in [5, 5.41) is 3.30. The van der Waals surface area contributed by atoms with Crippen molar-refractivity contribution in [2.45, 2.75) is 19.5 Å². The highest BCUT2D eigenvalue weighted by atomic mass is 79.9. The topological polar surface area (TPSA) is 12.0 Å². The van der Waals surface area contributed by atoms with Gasteiger partial charge in [-0.3, -0.25) is 0 Å². The molecule has 1 aromatic heterocycles. The maximum absolute atomic E-state index is 5.90. The summed E-state index contributed by atoms with van der Waals surface area (Å²) in [7, 11) is 0. The molecule has 1 aromatic rings. The van der Waals surface area contributed by atoms with E-state index in [2.05, 4.69) is 34.7 Å². The predicted octanol–water partition coefficient (Wildman–Crippen LogP) is 3.83. The van der Waals surface area contributed by atoms with Gasteiger partial charge in [0.2, 0.25) is 0 Å². The minimum absolute atomic E-state index is 0.333. The zero-order valence-corrected chi connectivity index (χ0v) is 10.5. The average molecular weight is 281 g/mol. The van der Waals surface area contributed by atoms with Gasteiger partial charge >= 0.3 is 0 Å². The molecule has 0 fully saturated rings. The largest absolute Gasteiger partial charge is 0.306 e. The second-order valence-corrected chi connectivity index (χ2v) is 5.33. The van der Waals surface area contributed by atoms with Gasteiger partial charge in [-0.05, 0) is 28.9 Å². The molecule has 0 aliphatic carbocycles. The quantitative estimate of drug-likeness (QED) is 0.827. The lowest BCUT2D eigenvalue weighted by Crippen LogP contribution is -2.22. The molecule has 0 spiro atoms. The summed E-state index contributed by atoms with van der Waals surface area (Å²) < 4.78 is 1.78. The second-order valence-electron chi connectivity index (χ2n) is 2.74. The Kier molecular flexibility index (Phi) is 4.46. The van der Waals surface area contributed by atoms with E-state index in [1.54, 1.807) is 11.3 Å². The molecule has 1 unspecified atom stereocenters. The summed E-state index contributed by atoms with van der Waals surface area (Å²) >= 11 is 10.9. The third-order valence-corrected chi connectivity index (χ3v) is 4.12. The van der Waals surface area contributed by atoms with E-state index in [0.717, 1.165) is 15.4 Å². The van der Waals surface area contributed by atoms with Gasteiger partial charge in [-0.25, -0.2) is 0 Å². The first-order chi connectivity index (χ1) is 6.13. The fourth-order valence-electron chi connectivity index (χ4n) is 0.823. The van der Waals surface area contributed by atoms with Crippen molar-refractivity contribution in [3.8, 4) is 0 Å². The number of hydrogen-bond acceptors (Lipinski definition) is 2. The Morgan fingerprint density at radius 3 is 3.00 bits per heavy atom. The van der Waals surface area contributed by atoms with E-state index in [9.17, 15) is 0 Å². The molecule has 1 heterocycles. The van der Waals surface area contributed by atoms with E-state index >= 15 is 0 Å². The number of nitrogens with one attached hydrogen (secondary N) is 1. The molecule has 72 valence electrons. The Bertz CT molecular complexity index is 278. The Labute approximate surface area is 95.9 Å². The van der Waals surface area contributed by atoms with Crippen molar-refractivity contribution in [2.75, 3.05) is 0 Å². The standard InChI is InChI=1S/C9H11BrClNS/c1-3-6(2)12-5-7-4-8(10)9(11)13-7/h3-4,6,12H,1,5H2,2H3. The minimum atomic E-state index is 0.333. The molecule has 0 aromatic carbocycles. The van der Waals surface area contributed by atoms with Gasteiger partial charge in [0, 0.05) is 21.9 Å². The summed E-state index contributed by atoms with van der Waals surface area (Å²) in [5.74, 6) is 0. The van der Waals surface area contributed by atoms with E-state index < -0.39 is 0 Å². The number of thiophene rings is 1. The molecule has 1 atom stereocenters. The minimum Gasteiger partial charge on any atom is -0.306 e. The highest BCUT2D eigenvalue weighted by Crippen LogP contribution is 2.31. The molecular formula is C9H11BrClNS. The third kappa shape index (κ3) is 3.43. The van der Waals surface area contributed by atoms with Crippen LogP contribution in [0.4, 0.5) is 0 Å². The first kappa shape index (κ1) is 11.2. The van der Waals surface area contributed by atoms with E-state index in [-0.39, 0.29) is 0 Å². The van der Waals surface area contributed by atoms with Crippen LogP contribution in [-0.4, -0.2) is 6.04 Å². The molecule has 0 saturated heterocycles. The third-order valence-electron chi connectivity index (χ3n) is 1.65. The van der Waals surface area contributed by atoms with E-state index in [1.807, 2.05) is 12.1 Å². The second kappa shape index (κ2) is 5.15. The molecule has 4 heteroatoms. The van der Waals surface area contributed by atoms with Gasteiger partial charge < -0.3 is 5.32 Å². The van der Waals surface area contributed by atoms with Crippen LogP contribution in [-0.2, 0) is 6.54 Å². The predicted molar refractivity (Wildman–Crippen MR) is 63.5 cm³/mol. The van der Waals surface area contributed by atoms with Gasteiger partial charge in [0.25, 0.3) is 0 Å². The average Bonchev–Trinajstić information content (AvgIpc) is 2.42. The van der Waals surface area contributed by atoms with Crippen molar-refractivity contribution < 1.29 is 0 Å². The lowest BCUT2D eigenvalue weighted by Gasteiger charge is -2.06. The highest BCUT2D eigenvalue weighted by Gasteiger charge is 2.04. The van der Waals surface area contributed by atoms with Crippen LogP contribution in [0.1, 0.15) is 11.8 Å². The van der Waals surface area contributed by atoms with Crippen molar-refractivity contribution in [1.29, 1.82) is 0 Å².